The summed E-state index contributed by atoms with van der Waals surface area (Å²) in [7, 11) is 0. The Balaban J connectivity index is 3.15. The number of hydrogen-bond donors (Lipinski definition) is 1. The molecule has 0 aliphatic heterocycles. The molecule has 1 N–H and O–H groups in total. The SMILES string of the molecule is CC(C)CCCCC#CCCCCCCCC(=O)O. The molecule has 0 unspecified atom stereocenters. The molecule has 0 amide bonds. The van der Waals surface area contributed by atoms with Crippen LogP contribution in [0.2, 0.25) is 0 Å². The van der Waals surface area contributed by atoms with E-state index in [1.54, 1.807) is 0 Å². The van der Waals surface area contributed by atoms with Crippen molar-refractivity contribution in [1.82, 2.24) is 0 Å². The number of rotatable bonds is 11. The van der Waals surface area contributed by atoms with Crippen molar-refractivity contribution in [3.05, 3.63) is 0 Å². The summed E-state index contributed by atoms with van der Waals surface area (Å²) in [6, 6.07) is 0. The Kier molecular flexibility index (Phi) is 12.8. The molecule has 0 spiro atoms. The summed E-state index contributed by atoms with van der Waals surface area (Å²) in [5, 5.41) is 8.49. The van der Waals surface area contributed by atoms with E-state index in [-0.39, 0.29) is 0 Å². The molecule has 0 aliphatic carbocycles. The van der Waals surface area contributed by atoms with Crippen molar-refractivity contribution in [1.29, 1.82) is 0 Å². The second-order valence-corrected chi connectivity index (χ2v) is 5.65. The van der Waals surface area contributed by atoms with Gasteiger partial charge >= 0.3 is 5.97 Å². The molecule has 0 aromatic carbocycles. The Labute approximate surface area is 119 Å². The van der Waals surface area contributed by atoms with Gasteiger partial charge in [-0.25, -0.2) is 0 Å². The third-order valence-electron chi connectivity index (χ3n) is 3.15. The largest absolute Gasteiger partial charge is 0.481 e. The first kappa shape index (κ1) is 18.0. The maximum Gasteiger partial charge on any atom is 0.303 e. The zero-order valence-electron chi connectivity index (χ0n) is 12.7. The van der Waals surface area contributed by atoms with Crippen molar-refractivity contribution >= 4 is 5.97 Å². The number of carboxylic acid groups (broad SMARTS) is 1. The van der Waals surface area contributed by atoms with Gasteiger partial charge in [-0.15, -0.1) is 11.8 Å². The summed E-state index contributed by atoms with van der Waals surface area (Å²) in [5.41, 5.74) is 0. The fraction of sp³-hybridized carbons (Fsp3) is 0.824. The molecule has 0 atom stereocenters. The maximum absolute atomic E-state index is 10.3. The Hall–Kier alpha value is -0.970. The number of carbonyl (C=O) groups is 1. The lowest BCUT2D eigenvalue weighted by molar-refractivity contribution is -0.137. The Morgan fingerprint density at radius 1 is 0.895 bits per heavy atom. The molecule has 0 heterocycles. The molecule has 0 bridgehead atoms. The summed E-state index contributed by atoms with van der Waals surface area (Å²) >= 11 is 0. The molecular weight excluding hydrogens is 236 g/mol. The predicted molar refractivity (Wildman–Crippen MR) is 81.0 cm³/mol. The van der Waals surface area contributed by atoms with Crippen LogP contribution in [0.25, 0.3) is 0 Å². The van der Waals surface area contributed by atoms with Gasteiger partial charge in [0.2, 0.25) is 0 Å². The maximum atomic E-state index is 10.3. The van der Waals surface area contributed by atoms with Crippen LogP contribution < -0.4 is 0 Å². The molecule has 19 heavy (non-hydrogen) atoms. The zero-order valence-corrected chi connectivity index (χ0v) is 12.7. The van der Waals surface area contributed by atoms with Gasteiger partial charge in [-0.2, -0.15) is 0 Å². The molecule has 0 rings (SSSR count). The third-order valence-corrected chi connectivity index (χ3v) is 3.15. The molecule has 110 valence electrons. The monoisotopic (exact) mass is 266 g/mol. The molecular formula is C17H30O2. The van der Waals surface area contributed by atoms with Crippen LogP contribution in [0.1, 0.15) is 84.5 Å². The van der Waals surface area contributed by atoms with Gasteiger partial charge in [0.1, 0.15) is 0 Å². The van der Waals surface area contributed by atoms with E-state index in [1.165, 1.54) is 25.7 Å². The minimum atomic E-state index is -0.677. The second kappa shape index (κ2) is 13.5. The van der Waals surface area contributed by atoms with Crippen molar-refractivity contribution in [3.8, 4) is 11.8 Å². The Bertz CT molecular complexity index is 271. The fourth-order valence-electron chi connectivity index (χ4n) is 1.96. The molecule has 0 saturated heterocycles. The van der Waals surface area contributed by atoms with Gasteiger partial charge in [0, 0.05) is 19.3 Å². The van der Waals surface area contributed by atoms with Crippen LogP contribution >= 0.6 is 0 Å². The lowest BCUT2D eigenvalue weighted by Crippen LogP contribution is -1.93. The quantitative estimate of drug-likeness (QED) is 0.421. The Morgan fingerprint density at radius 3 is 2.00 bits per heavy atom. The van der Waals surface area contributed by atoms with E-state index in [9.17, 15) is 4.79 Å². The first-order valence-electron chi connectivity index (χ1n) is 7.80. The van der Waals surface area contributed by atoms with Gasteiger partial charge in [0.05, 0.1) is 0 Å². The molecule has 0 aromatic rings. The van der Waals surface area contributed by atoms with E-state index in [0.717, 1.165) is 44.4 Å². The normalized spacial score (nSPS) is 10.3. The molecule has 2 heteroatoms. The van der Waals surface area contributed by atoms with Crippen LogP contribution in [0.15, 0.2) is 0 Å². The molecule has 0 fully saturated rings. The van der Waals surface area contributed by atoms with Crippen molar-refractivity contribution in [2.75, 3.05) is 0 Å². The van der Waals surface area contributed by atoms with Gasteiger partial charge in [0.25, 0.3) is 0 Å². The predicted octanol–water partition coefficient (Wildman–Crippen LogP) is 5.02. The zero-order chi connectivity index (χ0) is 14.3. The summed E-state index contributed by atoms with van der Waals surface area (Å²) in [5.74, 6) is 6.62. The van der Waals surface area contributed by atoms with E-state index >= 15 is 0 Å². The highest BCUT2D eigenvalue weighted by Gasteiger charge is 1.96. The van der Waals surface area contributed by atoms with E-state index in [1.807, 2.05) is 0 Å². The number of carboxylic acids is 1. The minimum absolute atomic E-state index is 0.316. The molecule has 0 aliphatic rings. The smallest absolute Gasteiger partial charge is 0.303 e. The van der Waals surface area contributed by atoms with Crippen LogP contribution in [0, 0.1) is 17.8 Å². The number of unbranched alkanes of at least 4 members (excludes halogenated alkanes) is 7. The molecule has 0 radical (unpaired) electrons. The Morgan fingerprint density at radius 2 is 1.42 bits per heavy atom. The lowest BCUT2D eigenvalue weighted by Gasteiger charge is -2.00. The highest BCUT2D eigenvalue weighted by atomic mass is 16.4. The van der Waals surface area contributed by atoms with Crippen LogP contribution in [0.3, 0.4) is 0 Å². The minimum Gasteiger partial charge on any atom is -0.481 e. The van der Waals surface area contributed by atoms with Crippen molar-refractivity contribution < 1.29 is 9.90 Å². The van der Waals surface area contributed by atoms with Crippen LogP contribution in [0.5, 0.6) is 0 Å². The first-order chi connectivity index (χ1) is 9.13. The van der Waals surface area contributed by atoms with Gasteiger partial charge in [-0.05, 0) is 25.2 Å². The second-order valence-electron chi connectivity index (χ2n) is 5.65. The molecule has 0 saturated carbocycles. The van der Waals surface area contributed by atoms with Gasteiger partial charge in [0.15, 0.2) is 0 Å². The third kappa shape index (κ3) is 17.0. The standard InChI is InChI=1S/C17H30O2/c1-16(2)14-12-10-8-6-4-3-5-7-9-11-13-15-17(18)19/h16H,3,5,7-15H2,1-2H3,(H,18,19). The van der Waals surface area contributed by atoms with Gasteiger partial charge < -0.3 is 5.11 Å². The summed E-state index contributed by atoms with van der Waals surface area (Å²) in [6.07, 6.45) is 11.6. The van der Waals surface area contributed by atoms with E-state index in [0.29, 0.717) is 6.42 Å². The lowest BCUT2D eigenvalue weighted by atomic mass is 10.1. The molecule has 2 nitrogen and oxygen atoms in total. The van der Waals surface area contributed by atoms with Crippen molar-refractivity contribution in [2.24, 2.45) is 5.92 Å². The highest BCUT2D eigenvalue weighted by Crippen LogP contribution is 2.08. The van der Waals surface area contributed by atoms with Gasteiger partial charge in [-0.3, -0.25) is 4.79 Å². The van der Waals surface area contributed by atoms with E-state index in [4.69, 9.17) is 5.11 Å². The topological polar surface area (TPSA) is 37.3 Å². The number of hydrogen-bond acceptors (Lipinski definition) is 1. The average molecular weight is 266 g/mol. The highest BCUT2D eigenvalue weighted by molar-refractivity contribution is 5.66. The van der Waals surface area contributed by atoms with E-state index in [2.05, 4.69) is 25.7 Å². The summed E-state index contributed by atoms with van der Waals surface area (Å²) in [6.45, 7) is 4.53. The first-order valence-corrected chi connectivity index (χ1v) is 7.80. The number of aliphatic carboxylic acids is 1. The fourth-order valence-corrected chi connectivity index (χ4v) is 1.96. The van der Waals surface area contributed by atoms with Crippen LogP contribution in [-0.4, -0.2) is 11.1 Å². The average Bonchev–Trinajstić information content (AvgIpc) is 2.34. The summed E-state index contributed by atoms with van der Waals surface area (Å²) in [4.78, 5) is 10.3. The van der Waals surface area contributed by atoms with Crippen LogP contribution in [0.4, 0.5) is 0 Å². The molecule has 0 aromatic heterocycles. The summed E-state index contributed by atoms with van der Waals surface area (Å²) < 4.78 is 0. The van der Waals surface area contributed by atoms with Crippen molar-refractivity contribution in [3.63, 3.8) is 0 Å². The van der Waals surface area contributed by atoms with Gasteiger partial charge in [-0.1, -0.05) is 46.0 Å². The van der Waals surface area contributed by atoms with E-state index < -0.39 is 5.97 Å². The van der Waals surface area contributed by atoms with Crippen molar-refractivity contribution in [2.45, 2.75) is 84.5 Å². The van der Waals surface area contributed by atoms with Crippen LogP contribution in [-0.2, 0) is 4.79 Å².